The predicted molar refractivity (Wildman–Crippen MR) is 90.2 cm³/mol. The zero-order valence-corrected chi connectivity index (χ0v) is 13.4. The van der Waals surface area contributed by atoms with Crippen LogP contribution in [0.4, 0.5) is 0 Å². The van der Waals surface area contributed by atoms with Crippen LogP contribution in [0.3, 0.4) is 0 Å². The van der Waals surface area contributed by atoms with Gasteiger partial charge in [-0.25, -0.2) is 0 Å². The molecule has 1 saturated carbocycles. The van der Waals surface area contributed by atoms with Gasteiger partial charge in [-0.15, -0.1) is 0 Å². The number of rotatable bonds is 1. The molecule has 1 saturated heterocycles. The van der Waals surface area contributed by atoms with Crippen molar-refractivity contribution < 1.29 is 12.6 Å². The van der Waals surface area contributed by atoms with Crippen molar-refractivity contribution in [1.82, 2.24) is 4.57 Å². The molecule has 0 radical (unpaired) electrons. The van der Waals surface area contributed by atoms with Crippen LogP contribution in [0.2, 0.25) is 0 Å². The fourth-order valence-corrected chi connectivity index (χ4v) is 5.02. The second-order valence-corrected chi connectivity index (χ2v) is 7.10. The second kappa shape index (κ2) is 5.16. The molecule has 4 atom stereocenters. The average Bonchev–Trinajstić information content (AvgIpc) is 3.12. The first-order valence-electron chi connectivity index (χ1n) is 8.06. The van der Waals surface area contributed by atoms with E-state index in [0.717, 1.165) is 19.3 Å². The Morgan fingerprint density at radius 2 is 1.57 bits per heavy atom. The summed E-state index contributed by atoms with van der Waals surface area (Å²) in [5, 5.41) is 2.51. The fourth-order valence-electron chi connectivity index (χ4n) is 4.13. The van der Waals surface area contributed by atoms with Crippen molar-refractivity contribution in [2.24, 2.45) is 0 Å². The molecule has 0 amide bonds. The van der Waals surface area contributed by atoms with Crippen LogP contribution in [0.15, 0.2) is 48.5 Å². The molecule has 0 spiro atoms. The van der Waals surface area contributed by atoms with Crippen molar-refractivity contribution in [3.05, 3.63) is 48.5 Å². The summed E-state index contributed by atoms with van der Waals surface area (Å²) in [6.07, 6.45) is 2.81. The van der Waals surface area contributed by atoms with Crippen LogP contribution in [0.5, 0.6) is 0 Å². The molecule has 2 aliphatic rings. The molecule has 0 N–H and O–H groups in total. The van der Waals surface area contributed by atoms with E-state index in [2.05, 4.69) is 53.1 Å². The van der Waals surface area contributed by atoms with Crippen molar-refractivity contribution in [2.45, 2.75) is 37.5 Å². The van der Waals surface area contributed by atoms with E-state index in [1.165, 1.54) is 21.8 Å². The first-order valence-corrected chi connectivity index (χ1v) is 9.06. The Morgan fingerprint density at radius 3 is 2.26 bits per heavy atom. The van der Waals surface area contributed by atoms with Crippen LogP contribution in [0, 0.1) is 0 Å². The molecular weight excluding hydrogens is 310 g/mol. The topological polar surface area (TPSA) is 40.5 Å². The average molecular weight is 327 g/mol. The third-order valence-corrected chi connectivity index (χ3v) is 5.86. The molecule has 1 aromatic heterocycles. The summed E-state index contributed by atoms with van der Waals surface area (Å²) >= 11 is -1.61. The molecule has 118 valence electrons. The van der Waals surface area contributed by atoms with E-state index >= 15 is 0 Å². The summed E-state index contributed by atoms with van der Waals surface area (Å²) < 4.78 is 25.2. The first-order chi connectivity index (χ1) is 11.3. The Bertz CT molecular complexity index is 866. The van der Waals surface area contributed by atoms with Gasteiger partial charge in [0.25, 0.3) is 0 Å². The van der Waals surface area contributed by atoms with Gasteiger partial charge in [-0.05, 0) is 31.4 Å². The molecule has 4 unspecified atom stereocenters. The normalized spacial score (nSPS) is 30.8. The van der Waals surface area contributed by atoms with Gasteiger partial charge in [-0.1, -0.05) is 36.4 Å². The van der Waals surface area contributed by atoms with Crippen molar-refractivity contribution in [3.63, 3.8) is 0 Å². The molecule has 2 fully saturated rings. The molecule has 5 rings (SSSR count). The zero-order chi connectivity index (χ0) is 15.4. The van der Waals surface area contributed by atoms with Gasteiger partial charge in [0.2, 0.25) is 0 Å². The van der Waals surface area contributed by atoms with E-state index in [1.54, 1.807) is 0 Å². The van der Waals surface area contributed by atoms with Gasteiger partial charge in [0, 0.05) is 21.8 Å². The summed E-state index contributed by atoms with van der Waals surface area (Å²) in [7, 11) is 0. The molecule has 2 heterocycles. The van der Waals surface area contributed by atoms with Crippen LogP contribution in [-0.4, -0.2) is 21.0 Å². The van der Waals surface area contributed by atoms with Crippen molar-refractivity contribution >= 4 is 33.2 Å². The molecule has 1 aliphatic carbocycles. The van der Waals surface area contributed by atoms with Crippen LogP contribution < -0.4 is 0 Å². The number of hydrogen-bond acceptors (Lipinski definition) is 3. The number of nitrogens with zero attached hydrogens (tertiary/aromatic N) is 1. The molecule has 0 bridgehead atoms. The lowest BCUT2D eigenvalue weighted by Crippen LogP contribution is -2.36. The van der Waals surface area contributed by atoms with Crippen LogP contribution in [-0.2, 0) is 19.7 Å². The fraction of sp³-hybridized carbons (Fsp3) is 0.333. The summed E-state index contributed by atoms with van der Waals surface area (Å²) in [5.41, 5.74) is 2.42. The van der Waals surface area contributed by atoms with Crippen molar-refractivity contribution in [2.75, 3.05) is 0 Å². The zero-order valence-electron chi connectivity index (χ0n) is 12.6. The lowest BCUT2D eigenvalue weighted by atomic mass is 9.89. The molecule has 3 aromatic rings. The second-order valence-electron chi connectivity index (χ2n) is 6.30. The number of benzene rings is 2. The van der Waals surface area contributed by atoms with Gasteiger partial charge >= 0.3 is 11.4 Å². The monoisotopic (exact) mass is 327 g/mol. The minimum absolute atomic E-state index is 0.0606. The predicted octanol–water partition coefficient (Wildman–Crippen LogP) is 3.88. The lowest BCUT2D eigenvalue weighted by molar-refractivity contribution is 0.0671. The molecule has 2 aromatic carbocycles. The minimum atomic E-state index is -1.61. The third kappa shape index (κ3) is 2.00. The maximum absolute atomic E-state index is 11.7. The van der Waals surface area contributed by atoms with Gasteiger partial charge in [0.05, 0.1) is 6.04 Å². The van der Waals surface area contributed by atoms with Gasteiger partial charge in [-0.3, -0.25) is 8.37 Å². The number of hydrogen-bond donors (Lipinski definition) is 0. The van der Waals surface area contributed by atoms with Crippen LogP contribution in [0.25, 0.3) is 21.8 Å². The number of fused-ring (bicyclic) bond motifs is 4. The summed E-state index contributed by atoms with van der Waals surface area (Å²) in [6.45, 7) is 0. The molecule has 4 nitrogen and oxygen atoms in total. The maximum atomic E-state index is 11.7. The molecule has 23 heavy (non-hydrogen) atoms. The SMILES string of the molecule is O=S1OC2CCCC(n3c4ccccc4c4ccccc43)C2O1. The highest BCUT2D eigenvalue weighted by atomic mass is 32.2. The summed E-state index contributed by atoms with van der Waals surface area (Å²) in [4.78, 5) is 0. The quantitative estimate of drug-likeness (QED) is 0.681. The smallest absolute Gasteiger partial charge is 0.305 e. The maximum Gasteiger partial charge on any atom is 0.305 e. The Labute approximate surface area is 136 Å². The highest BCUT2D eigenvalue weighted by molar-refractivity contribution is 7.75. The Hall–Kier alpha value is -1.69. The van der Waals surface area contributed by atoms with E-state index in [9.17, 15) is 4.21 Å². The van der Waals surface area contributed by atoms with Gasteiger partial charge < -0.3 is 4.57 Å². The number of aromatic nitrogens is 1. The van der Waals surface area contributed by atoms with Gasteiger partial charge in [0.1, 0.15) is 12.2 Å². The molecule has 1 aliphatic heterocycles. The summed E-state index contributed by atoms with van der Waals surface area (Å²) in [5.74, 6) is 0. The van der Waals surface area contributed by atoms with Gasteiger partial charge in [0.15, 0.2) is 0 Å². The standard InChI is InChI=1S/C18H17NO3S/c20-23-21-17-11-5-10-16(18(17)22-23)19-14-8-3-1-6-12(14)13-7-2-4-9-15(13)19/h1-4,6-9,16-18H,5,10-11H2. The van der Waals surface area contributed by atoms with E-state index in [0.29, 0.717) is 0 Å². The van der Waals surface area contributed by atoms with Crippen molar-refractivity contribution in [1.29, 1.82) is 0 Å². The molecular formula is C18H17NO3S. The minimum Gasteiger partial charge on any atom is -0.335 e. The third-order valence-electron chi connectivity index (χ3n) is 5.08. The highest BCUT2D eigenvalue weighted by Crippen LogP contribution is 2.42. The van der Waals surface area contributed by atoms with E-state index in [-0.39, 0.29) is 18.2 Å². The summed E-state index contributed by atoms with van der Waals surface area (Å²) in [6, 6.07) is 17.1. The van der Waals surface area contributed by atoms with Crippen LogP contribution >= 0.6 is 0 Å². The molecule has 5 heteroatoms. The Balaban J connectivity index is 1.76. The lowest BCUT2D eigenvalue weighted by Gasteiger charge is -2.32. The largest absolute Gasteiger partial charge is 0.335 e. The Kier molecular flexibility index (Phi) is 3.08. The van der Waals surface area contributed by atoms with Crippen LogP contribution in [0.1, 0.15) is 25.3 Å². The number of para-hydroxylation sites is 2. The van der Waals surface area contributed by atoms with Gasteiger partial charge in [-0.2, -0.15) is 4.21 Å². The first kappa shape index (κ1) is 13.7. The van der Waals surface area contributed by atoms with E-state index < -0.39 is 11.4 Å². The highest BCUT2D eigenvalue weighted by Gasteiger charge is 2.44. The van der Waals surface area contributed by atoms with E-state index in [1.807, 2.05) is 0 Å². The Morgan fingerprint density at radius 1 is 0.913 bits per heavy atom. The van der Waals surface area contributed by atoms with E-state index in [4.69, 9.17) is 8.37 Å². The van der Waals surface area contributed by atoms with Crippen molar-refractivity contribution in [3.8, 4) is 0 Å².